The Morgan fingerprint density at radius 2 is 1.18 bits per heavy atom. The van der Waals surface area contributed by atoms with Crippen LogP contribution in [-0.2, 0) is 0 Å². The van der Waals surface area contributed by atoms with E-state index in [-0.39, 0.29) is 0 Å². The summed E-state index contributed by atoms with van der Waals surface area (Å²) >= 11 is 1.84. The molecule has 0 atom stereocenters. The zero-order chi connectivity index (χ0) is 29.7. The highest BCUT2D eigenvalue weighted by Crippen LogP contribution is 2.42. The Morgan fingerprint density at radius 3 is 2.02 bits per heavy atom. The molecule has 0 bridgehead atoms. The number of pyridine rings is 1. The molecule has 3 nitrogen and oxygen atoms in total. The van der Waals surface area contributed by atoms with Crippen molar-refractivity contribution in [3.63, 3.8) is 0 Å². The van der Waals surface area contributed by atoms with Gasteiger partial charge in [0, 0.05) is 54.2 Å². The lowest BCUT2D eigenvalue weighted by Crippen LogP contribution is -2.10. The fourth-order valence-electron chi connectivity index (χ4n) is 6.57. The standard InChI is InChI=1S/C41H27N3S/c1-3-11-30(12-4-1)43(41-17-9-10-24-42-41)32-20-22-35-36-25-28(19-23-39(36)45-40(35)27-32)29-18-21-34-33-15-7-8-16-37(33)44(38(34)26-29)31-13-5-2-6-14-31/h1-27H. The molecule has 9 aromatic rings. The van der Waals surface area contributed by atoms with E-state index in [2.05, 4.69) is 154 Å². The molecule has 0 spiro atoms. The normalized spacial score (nSPS) is 11.6. The first-order valence-corrected chi connectivity index (χ1v) is 15.9. The minimum absolute atomic E-state index is 0.898. The van der Waals surface area contributed by atoms with Crippen LogP contribution in [0.4, 0.5) is 17.2 Å². The van der Waals surface area contributed by atoms with E-state index in [9.17, 15) is 0 Å². The molecule has 3 aromatic heterocycles. The number of thiophene rings is 1. The molecule has 0 radical (unpaired) electrons. The largest absolute Gasteiger partial charge is 0.309 e. The Morgan fingerprint density at radius 1 is 0.467 bits per heavy atom. The number of benzene rings is 6. The number of hydrogen-bond acceptors (Lipinski definition) is 3. The maximum atomic E-state index is 4.69. The van der Waals surface area contributed by atoms with Crippen LogP contribution in [0.5, 0.6) is 0 Å². The summed E-state index contributed by atoms with van der Waals surface area (Å²) in [5.41, 5.74) is 8.23. The summed E-state index contributed by atoms with van der Waals surface area (Å²) in [4.78, 5) is 6.91. The molecule has 0 aliphatic heterocycles. The van der Waals surface area contributed by atoms with Crippen molar-refractivity contribution < 1.29 is 0 Å². The molecule has 0 aliphatic rings. The number of anilines is 3. The molecule has 4 heteroatoms. The van der Waals surface area contributed by atoms with Gasteiger partial charge in [0.1, 0.15) is 5.82 Å². The summed E-state index contributed by atoms with van der Waals surface area (Å²) in [5, 5.41) is 5.10. The quantitative estimate of drug-likeness (QED) is 0.198. The zero-order valence-corrected chi connectivity index (χ0v) is 25.2. The zero-order valence-electron chi connectivity index (χ0n) is 24.3. The van der Waals surface area contributed by atoms with Gasteiger partial charge in [-0.2, -0.15) is 0 Å². The van der Waals surface area contributed by atoms with Gasteiger partial charge in [-0.15, -0.1) is 11.3 Å². The highest BCUT2D eigenvalue weighted by atomic mass is 32.1. The Hall–Kier alpha value is -5.71. The van der Waals surface area contributed by atoms with E-state index >= 15 is 0 Å². The van der Waals surface area contributed by atoms with Gasteiger partial charge in [0.25, 0.3) is 0 Å². The van der Waals surface area contributed by atoms with Gasteiger partial charge in [0.05, 0.1) is 11.0 Å². The summed E-state index contributed by atoms with van der Waals surface area (Å²) in [7, 11) is 0. The number of fused-ring (bicyclic) bond motifs is 6. The van der Waals surface area contributed by atoms with Crippen molar-refractivity contribution in [2.24, 2.45) is 0 Å². The monoisotopic (exact) mass is 593 g/mol. The molecule has 9 rings (SSSR count). The maximum absolute atomic E-state index is 4.69. The van der Waals surface area contributed by atoms with Gasteiger partial charge in [-0.1, -0.05) is 84.9 Å². The fraction of sp³-hybridized carbons (Fsp3) is 0. The Labute approximate surface area is 264 Å². The summed E-state index contributed by atoms with van der Waals surface area (Å²) < 4.78 is 4.93. The predicted octanol–water partition coefficient (Wildman–Crippen LogP) is 11.7. The van der Waals surface area contributed by atoms with Crippen molar-refractivity contribution in [1.29, 1.82) is 0 Å². The van der Waals surface area contributed by atoms with Crippen LogP contribution >= 0.6 is 11.3 Å². The van der Waals surface area contributed by atoms with Crippen molar-refractivity contribution in [2.45, 2.75) is 0 Å². The third kappa shape index (κ3) is 4.30. The SMILES string of the molecule is c1ccc(N(c2ccc3c(c2)sc2ccc(-c4ccc5c6ccccc6n(-c6ccccc6)c5c4)cc23)c2ccccn2)cc1. The van der Waals surface area contributed by atoms with Crippen molar-refractivity contribution in [3.05, 3.63) is 164 Å². The van der Waals surface area contributed by atoms with Crippen molar-refractivity contribution >= 4 is 70.5 Å². The molecular formula is C41H27N3S. The molecule has 0 fully saturated rings. The molecule has 0 saturated heterocycles. The molecule has 212 valence electrons. The first kappa shape index (κ1) is 25.8. The number of nitrogens with zero attached hydrogens (tertiary/aromatic N) is 3. The van der Waals surface area contributed by atoms with Crippen molar-refractivity contribution in [3.8, 4) is 16.8 Å². The average molecular weight is 594 g/mol. The fourth-order valence-corrected chi connectivity index (χ4v) is 7.69. The Bertz CT molecular complexity index is 2440. The van der Waals surface area contributed by atoms with E-state index in [1.54, 1.807) is 0 Å². The van der Waals surface area contributed by atoms with E-state index in [4.69, 9.17) is 0 Å². The van der Waals surface area contributed by atoms with Crippen LogP contribution < -0.4 is 4.90 Å². The van der Waals surface area contributed by atoms with E-state index < -0.39 is 0 Å². The van der Waals surface area contributed by atoms with E-state index in [0.717, 1.165) is 17.2 Å². The van der Waals surface area contributed by atoms with Crippen molar-refractivity contribution in [1.82, 2.24) is 9.55 Å². The van der Waals surface area contributed by atoms with E-state index in [0.29, 0.717) is 0 Å². The first-order valence-electron chi connectivity index (χ1n) is 15.1. The second-order valence-electron chi connectivity index (χ2n) is 11.3. The van der Waals surface area contributed by atoms with Gasteiger partial charge in [-0.3, -0.25) is 4.90 Å². The Balaban J connectivity index is 1.18. The van der Waals surface area contributed by atoms with Gasteiger partial charge >= 0.3 is 0 Å². The third-order valence-electron chi connectivity index (χ3n) is 8.63. The predicted molar refractivity (Wildman–Crippen MR) is 192 cm³/mol. The molecule has 0 amide bonds. The molecule has 0 aliphatic carbocycles. The van der Waals surface area contributed by atoms with Gasteiger partial charge in [-0.05, 0) is 83.9 Å². The topological polar surface area (TPSA) is 21.1 Å². The molecule has 3 heterocycles. The third-order valence-corrected chi connectivity index (χ3v) is 9.76. The van der Waals surface area contributed by atoms with Crippen LogP contribution in [0.15, 0.2) is 164 Å². The molecular weight excluding hydrogens is 567 g/mol. The Kier molecular flexibility index (Phi) is 6.00. The van der Waals surface area contributed by atoms with E-state index in [1.807, 2.05) is 35.7 Å². The summed E-state index contributed by atoms with van der Waals surface area (Å²) in [6, 6.07) is 56.4. The molecule has 45 heavy (non-hydrogen) atoms. The van der Waals surface area contributed by atoms with Crippen LogP contribution in [0.25, 0.3) is 58.8 Å². The van der Waals surface area contributed by atoms with E-state index in [1.165, 1.54) is 58.8 Å². The van der Waals surface area contributed by atoms with Crippen molar-refractivity contribution in [2.75, 3.05) is 4.90 Å². The summed E-state index contributed by atoms with van der Waals surface area (Å²) in [6.07, 6.45) is 1.85. The number of rotatable bonds is 5. The lowest BCUT2D eigenvalue weighted by atomic mass is 10.0. The minimum Gasteiger partial charge on any atom is -0.309 e. The van der Waals surface area contributed by atoms with Gasteiger partial charge in [-0.25, -0.2) is 4.98 Å². The number of hydrogen-bond donors (Lipinski definition) is 0. The van der Waals surface area contributed by atoms with Gasteiger partial charge in [0.15, 0.2) is 0 Å². The lowest BCUT2D eigenvalue weighted by Gasteiger charge is -2.24. The highest BCUT2D eigenvalue weighted by Gasteiger charge is 2.17. The van der Waals surface area contributed by atoms with Gasteiger partial charge < -0.3 is 4.57 Å². The number of para-hydroxylation sites is 3. The summed E-state index contributed by atoms with van der Waals surface area (Å²) in [5.74, 6) is 0.898. The lowest BCUT2D eigenvalue weighted by molar-refractivity contribution is 1.18. The highest BCUT2D eigenvalue weighted by molar-refractivity contribution is 7.25. The van der Waals surface area contributed by atoms with Crippen LogP contribution in [0, 0.1) is 0 Å². The number of aromatic nitrogens is 2. The molecule has 6 aromatic carbocycles. The minimum atomic E-state index is 0.898. The molecule has 0 saturated carbocycles. The van der Waals surface area contributed by atoms with Crippen LogP contribution in [0.2, 0.25) is 0 Å². The molecule has 0 unspecified atom stereocenters. The first-order chi connectivity index (χ1) is 22.3. The molecule has 0 N–H and O–H groups in total. The summed E-state index contributed by atoms with van der Waals surface area (Å²) in [6.45, 7) is 0. The average Bonchev–Trinajstić information content (AvgIpc) is 3.64. The van der Waals surface area contributed by atoms with Gasteiger partial charge in [0.2, 0.25) is 0 Å². The van der Waals surface area contributed by atoms with Crippen LogP contribution in [0.1, 0.15) is 0 Å². The second kappa shape index (κ2) is 10.5. The second-order valence-corrected chi connectivity index (χ2v) is 12.4. The van der Waals surface area contributed by atoms with Crippen LogP contribution in [0.3, 0.4) is 0 Å². The maximum Gasteiger partial charge on any atom is 0.137 e. The van der Waals surface area contributed by atoms with Crippen LogP contribution in [-0.4, -0.2) is 9.55 Å². The smallest absolute Gasteiger partial charge is 0.137 e.